The van der Waals surface area contributed by atoms with E-state index in [1.807, 2.05) is 0 Å². The van der Waals surface area contributed by atoms with E-state index in [2.05, 4.69) is 15.4 Å². The summed E-state index contributed by atoms with van der Waals surface area (Å²) in [5.74, 6) is -0.0792. The van der Waals surface area contributed by atoms with Crippen molar-refractivity contribution in [2.24, 2.45) is 0 Å². The van der Waals surface area contributed by atoms with Crippen LogP contribution in [0.4, 0.5) is 10.5 Å². The second-order valence-electron chi connectivity index (χ2n) is 5.07. The zero-order valence-electron chi connectivity index (χ0n) is 13.0. The molecule has 2 aromatic rings. The SMILES string of the molecule is CNS(=O)(=O)Cc1ccc(CNC(=O)Nc2ccccc2Cl)cc1. The van der Waals surface area contributed by atoms with Crippen LogP contribution in [0.15, 0.2) is 48.5 Å². The first-order chi connectivity index (χ1) is 11.4. The van der Waals surface area contributed by atoms with Crippen LogP contribution in [-0.4, -0.2) is 21.5 Å². The largest absolute Gasteiger partial charge is 0.334 e. The van der Waals surface area contributed by atoms with E-state index < -0.39 is 10.0 Å². The monoisotopic (exact) mass is 367 g/mol. The van der Waals surface area contributed by atoms with E-state index in [0.29, 0.717) is 22.8 Å². The average molecular weight is 368 g/mol. The molecule has 0 atom stereocenters. The van der Waals surface area contributed by atoms with Gasteiger partial charge >= 0.3 is 6.03 Å². The lowest BCUT2D eigenvalue weighted by Crippen LogP contribution is -2.28. The zero-order valence-corrected chi connectivity index (χ0v) is 14.6. The Bertz CT molecular complexity index is 808. The van der Waals surface area contributed by atoms with Crippen LogP contribution in [-0.2, 0) is 22.3 Å². The Hall–Kier alpha value is -2.09. The Kier molecular flexibility index (Phi) is 6.19. The lowest BCUT2D eigenvalue weighted by Gasteiger charge is -2.09. The minimum atomic E-state index is -3.29. The van der Waals surface area contributed by atoms with Gasteiger partial charge in [0.1, 0.15) is 0 Å². The summed E-state index contributed by atoms with van der Waals surface area (Å²) in [7, 11) is -1.91. The lowest BCUT2D eigenvalue weighted by molar-refractivity contribution is 0.251. The minimum Gasteiger partial charge on any atom is -0.334 e. The first-order valence-electron chi connectivity index (χ1n) is 7.18. The Morgan fingerprint density at radius 3 is 2.29 bits per heavy atom. The Balaban J connectivity index is 1.88. The highest BCUT2D eigenvalue weighted by Crippen LogP contribution is 2.20. The van der Waals surface area contributed by atoms with Crippen molar-refractivity contribution < 1.29 is 13.2 Å². The van der Waals surface area contributed by atoms with E-state index in [1.54, 1.807) is 48.5 Å². The van der Waals surface area contributed by atoms with Crippen LogP contribution in [0.5, 0.6) is 0 Å². The van der Waals surface area contributed by atoms with Crippen LogP contribution in [0, 0.1) is 0 Å². The van der Waals surface area contributed by atoms with E-state index in [-0.39, 0.29) is 11.8 Å². The van der Waals surface area contributed by atoms with Crippen molar-refractivity contribution in [2.45, 2.75) is 12.3 Å². The summed E-state index contributed by atoms with van der Waals surface area (Å²) < 4.78 is 25.2. The van der Waals surface area contributed by atoms with Crippen LogP contribution in [0.1, 0.15) is 11.1 Å². The van der Waals surface area contributed by atoms with Gasteiger partial charge in [-0.05, 0) is 30.3 Å². The molecule has 3 N–H and O–H groups in total. The molecule has 0 fully saturated rings. The molecule has 128 valence electrons. The zero-order chi connectivity index (χ0) is 17.6. The molecule has 8 heteroatoms. The fourth-order valence-corrected chi connectivity index (χ4v) is 2.91. The minimum absolute atomic E-state index is 0.0792. The summed E-state index contributed by atoms with van der Waals surface area (Å²) in [6.45, 7) is 0.315. The second kappa shape index (κ2) is 8.14. The Labute approximate surface area is 146 Å². The highest BCUT2D eigenvalue weighted by Gasteiger charge is 2.08. The molecule has 2 rings (SSSR count). The number of urea groups is 1. The van der Waals surface area contributed by atoms with E-state index in [4.69, 9.17) is 11.6 Å². The van der Waals surface area contributed by atoms with Crippen LogP contribution in [0.2, 0.25) is 5.02 Å². The summed E-state index contributed by atoms with van der Waals surface area (Å²) in [4.78, 5) is 11.9. The fraction of sp³-hybridized carbons (Fsp3) is 0.188. The number of anilines is 1. The maximum atomic E-state index is 11.9. The van der Waals surface area contributed by atoms with Gasteiger partial charge in [0.2, 0.25) is 10.0 Å². The molecule has 2 aromatic carbocycles. The summed E-state index contributed by atoms with van der Waals surface area (Å²) in [5.41, 5.74) is 2.06. The summed E-state index contributed by atoms with van der Waals surface area (Å²) >= 11 is 5.97. The van der Waals surface area contributed by atoms with E-state index in [1.165, 1.54) is 7.05 Å². The van der Waals surface area contributed by atoms with Crippen molar-refractivity contribution in [2.75, 3.05) is 12.4 Å². The Morgan fingerprint density at radius 1 is 1.04 bits per heavy atom. The van der Waals surface area contributed by atoms with Gasteiger partial charge in [0.25, 0.3) is 0 Å². The van der Waals surface area contributed by atoms with Crippen LogP contribution in [0.25, 0.3) is 0 Å². The van der Waals surface area contributed by atoms with Gasteiger partial charge in [0.05, 0.1) is 16.5 Å². The molecule has 6 nitrogen and oxygen atoms in total. The number of carbonyl (C=O) groups is 1. The molecule has 0 aliphatic heterocycles. The van der Waals surface area contributed by atoms with Crippen molar-refractivity contribution in [3.63, 3.8) is 0 Å². The number of para-hydroxylation sites is 1. The van der Waals surface area contributed by atoms with Gasteiger partial charge in [-0.25, -0.2) is 17.9 Å². The molecule has 0 saturated heterocycles. The fourth-order valence-electron chi connectivity index (χ4n) is 1.96. The molecule has 0 radical (unpaired) electrons. The molecule has 0 unspecified atom stereocenters. The second-order valence-corrected chi connectivity index (χ2v) is 7.40. The molecule has 0 spiro atoms. The van der Waals surface area contributed by atoms with Gasteiger partial charge in [-0.3, -0.25) is 0 Å². The van der Waals surface area contributed by atoms with Crippen molar-refractivity contribution >= 4 is 33.3 Å². The summed E-state index contributed by atoms with van der Waals surface area (Å²) in [5, 5.41) is 5.84. The van der Waals surface area contributed by atoms with Gasteiger partial charge in [0, 0.05) is 6.54 Å². The molecule has 0 heterocycles. The number of amides is 2. The number of halogens is 1. The predicted octanol–water partition coefficient (Wildman–Crippen LogP) is 2.71. The molecule has 0 bridgehead atoms. The van der Waals surface area contributed by atoms with Crippen molar-refractivity contribution in [1.29, 1.82) is 0 Å². The van der Waals surface area contributed by atoms with Gasteiger partial charge < -0.3 is 10.6 Å². The molecule has 0 saturated carbocycles. The number of benzene rings is 2. The van der Waals surface area contributed by atoms with Gasteiger partial charge in [-0.2, -0.15) is 0 Å². The average Bonchev–Trinajstić information content (AvgIpc) is 2.56. The number of hydrogen-bond acceptors (Lipinski definition) is 3. The maximum absolute atomic E-state index is 11.9. The standard InChI is InChI=1S/C16H18ClN3O3S/c1-18-24(22,23)11-13-8-6-12(7-9-13)10-19-16(21)20-15-5-3-2-4-14(15)17/h2-9,18H,10-11H2,1H3,(H2,19,20,21). The summed E-state index contributed by atoms with van der Waals surface area (Å²) in [6, 6.07) is 13.6. The van der Waals surface area contributed by atoms with Crippen LogP contribution >= 0.6 is 11.6 Å². The van der Waals surface area contributed by atoms with Crippen LogP contribution < -0.4 is 15.4 Å². The van der Waals surface area contributed by atoms with Crippen LogP contribution in [0.3, 0.4) is 0 Å². The van der Waals surface area contributed by atoms with Gasteiger partial charge in [-0.1, -0.05) is 48.0 Å². The van der Waals surface area contributed by atoms with E-state index in [9.17, 15) is 13.2 Å². The molecule has 2 amide bonds. The van der Waals surface area contributed by atoms with Gasteiger partial charge in [0.15, 0.2) is 0 Å². The van der Waals surface area contributed by atoms with Crippen molar-refractivity contribution in [3.8, 4) is 0 Å². The topological polar surface area (TPSA) is 87.3 Å². The Morgan fingerprint density at radius 2 is 1.67 bits per heavy atom. The third-order valence-corrected chi connectivity index (χ3v) is 4.93. The number of sulfonamides is 1. The molecular formula is C16H18ClN3O3S. The molecular weight excluding hydrogens is 350 g/mol. The smallest absolute Gasteiger partial charge is 0.319 e. The third kappa shape index (κ3) is 5.52. The first-order valence-corrected chi connectivity index (χ1v) is 9.21. The quantitative estimate of drug-likeness (QED) is 0.733. The third-order valence-electron chi connectivity index (χ3n) is 3.27. The lowest BCUT2D eigenvalue weighted by atomic mass is 10.1. The highest BCUT2D eigenvalue weighted by atomic mass is 35.5. The molecule has 24 heavy (non-hydrogen) atoms. The molecule has 0 aliphatic rings. The van der Waals surface area contributed by atoms with Crippen molar-refractivity contribution in [3.05, 3.63) is 64.7 Å². The van der Waals surface area contributed by atoms with E-state index in [0.717, 1.165) is 5.56 Å². The first kappa shape index (κ1) is 18.3. The number of hydrogen-bond donors (Lipinski definition) is 3. The van der Waals surface area contributed by atoms with Gasteiger partial charge in [-0.15, -0.1) is 0 Å². The number of carbonyl (C=O) groups excluding carboxylic acids is 1. The highest BCUT2D eigenvalue weighted by molar-refractivity contribution is 7.88. The van der Waals surface area contributed by atoms with E-state index >= 15 is 0 Å². The number of rotatable bonds is 6. The maximum Gasteiger partial charge on any atom is 0.319 e. The molecule has 0 aliphatic carbocycles. The molecule has 0 aromatic heterocycles. The normalized spacial score (nSPS) is 11.1. The van der Waals surface area contributed by atoms with Crippen molar-refractivity contribution in [1.82, 2.24) is 10.0 Å². The predicted molar refractivity (Wildman–Crippen MR) is 95.4 cm³/mol. The number of nitrogens with one attached hydrogen (secondary N) is 3. The summed E-state index contributed by atoms with van der Waals surface area (Å²) in [6.07, 6.45) is 0.